The summed E-state index contributed by atoms with van der Waals surface area (Å²) in [6.07, 6.45) is 0.324. The smallest absolute Gasteiger partial charge is 0.174 e. The third-order valence-corrected chi connectivity index (χ3v) is 2.51. The Morgan fingerprint density at radius 1 is 1.29 bits per heavy atom. The molecule has 0 amide bonds. The van der Waals surface area contributed by atoms with Crippen LogP contribution in [-0.2, 0) is 6.42 Å². The van der Waals surface area contributed by atoms with Gasteiger partial charge in [-0.15, -0.1) is 0 Å². The molecule has 0 atom stereocenters. The SMILES string of the molecule is N#CCOc1cccc(CC#N)c1Br. The van der Waals surface area contributed by atoms with Gasteiger partial charge in [-0.1, -0.05) is 12.1 Å². The van der Waals surface area contributed by atoms with Gasteiger partial charge in [-0.3, -0.25) is 0 Å². The van der Waals surface area contributed by atoms with Gasteiger partial charge >= 0.3 is 0 Å². The third-order valence-electron chi connectivity index (χ3n) is 1.60. The Labute approximate surface area is 90.7 Å². The molecular weight excluding hydrogens is 244 g/mol. The first-order chi connectivity index (χ1) is 6.79. The van der Waals surface area contributed by atoms with E-state index in [0.717, 1.165) is 10.0 Å². The highest BCUT2D eigenvalue weighted by Gasteiger charge is 2.05. The molecule has 0 aliphatic carbocycles. The van der Waals surface area contributed by atoms with E-state index in [0.29, 0.717) is 12.2 Å². The highest BCUT2D eigenvalue weighted by atomic mass is 79.9. The number of nitriles is 2. The monoisotopic (exact) mass is 250 g/mol. The van der Waals surface area contributed by atoms with Gasteiger partial charge in [0.1, 0.15) is 11.8 Å². The molecule has 0 N–H and O–H groups in total. The fourth-order valence-corrected chi connectivity index (χ4v) is 1.52. The summed E-state index contributed by atoms with van der Waals surface area (Å²) in [5.74, 6) is 0.597. The van der Waals surface area contributed by atoms with Crippen LogP contribution in [0.3, 0.4) is 0 Å². The molecule has 0 aliphatic heterocycles. The first-order valence-corrected chi connectivity index (χ1v) is 4.73. The van der Waals surface area contributed by atoms with Crippen LogP contribution in [0.4, 0.5) is 0 Å². The molecule has 0 unspecified atom stereocenters. The van der Waals surface area contributed by atoms with Gasteiger partial charge < -0.3 is 4.74 Å². The number of hydrogen-bond donors (Lipinski definition) is 0. The zero-order chi connectivity index (χ0) is 10.4. The number of hydrogen-bond acceptors (Lipinski definition) is 3. The fraction of sp³-hybridized carbons (Fsp3) is 0.200. The largest absolute Gasteiger partial charge is 0.478 e. The van der Waals surface area contributed by atoms with Crippen LogP contribution < -0.4 is 4.74 Å². The second kappa shape index (κ2) is 5.26. The molecule has 3 nitrogen and oxygen atoms in total. The lowest BCUT2D eigenvalue weighted by Gasteiger charge is -2.06. The average molecular weight is 251 g/mol. The van der Waals surface area contributed by atoms with Crippen LogP contribution >= 0.6 is 15.9 Å². The van der Waals surface area contributed by atoms with Gasteiger partial charge in [-0.25, -0.2) is 0 Å². The number of halogens is 1. The van der Waals surface area contributed by atoms with Crippen molar-refractivity contribution in [3.8, 4) is 17.9 Å². The second-order valence-electron chi connectivity index (χ2n) is 2.51. The van der Waals surface area contributed by atoms with E-state index in [1.54, 1.807) is 12.1 Å². The lowest BCUT2D eigenvalue weighted by Crippen LogP contribution is -1.96. The Bertz CT molecular complexity index is 404. The highest BCUT2D eigenvalue weighted by Crippen LogP contribution is 2.28. The molecule has 0 saturated carbocycles. The van der Waals surface area contributed by atoms with E-state index in [9.17, 15) is 0 Å². The minimum atomic E-state index is 0.00854. The Hall–Kier alpha value is -1.52. The normalized spacial score (nSPS) is 8.79. The topological polar surface area (TPSA) is 56.8 Å². The van der Waals surface area contributed by atoms with Crippen LogP contribution in [0.2, 0.25) is 0 Å². The third kappa shape index (κ3) is 2.48. The number of rotatable bonds is 3. The number of ether oxygens (including phenoxy) is 1. The molecule has 1 aromatic rings. The number of benzene rings is 1. The first-order valence-electron chi connectivity index (χ1n) is 3.93. The average Bonchev–Trinajstić information content (AvgIpc) is 2.20. The van der Waals surface area contributed by atoms with E-state index in [4.69, 9.17) is 15.3 Å². The summed E-state index contributed by atoms with van der Waals surface area (Å²) in [4.78, 5) is 0. The van der Waals surface area contributed by atoms with Crippen molar-refractivity contribution >= 4 is 15.9 Å². The van der Waals surface area contributed by atoms with E-state index < -0.39 is 0 Å². The molecule has 0 saturated heterocycles. The van der Waals surface area contributed by atoms with Crippen molar-refractivity contribution in [1.29, 1.82) is 10.5 Å². The summed E-state index contributed by atoms with van der Waals surface area (Å²) in [5, 5.41) is 16.9. The summed E-state index contributed by atoms with van der Waals surface area (Å²) in [6, 6.07) is 9.33. The Kier molecular flexibility index (Phi) is 3.97. The van der Waals surface area contributed by atoms with E-state index in [1.807, 2.05) is 12.1 Å². The van der Waals surface area contributed by atoms with Gasteiger partial charge in [0.15, 0.2) is 6.61 Å². The molecule has 0 aliphatic rings. The highest BCUT2D eigenvalue weighted by molar-refractivity contribution is 9.10. The van der Waals surface area contributed by atoms with Crippen molar-refractivity contribution in [2.45, 2.75) is 6.42 Å². The lowest BCUT2D eigenvalue weighted by molar-refractivity contribution is 0.365. The molecule has 1 rings (SSSR count). The molecule has 0 aromatic heterocycles. The molecule has 0 radical (unpaired) electrons. The van der Waals surface area contributed by atoms with Crippen LogP contribution in [0, 0.1) is 22.7 Å². The van der Waals surface area contributed by atoms with Crippen molar-refractivity contribution in [1.82, 2.24) is 0 Å². The standard InChI is InChI=1S/C10H7BrN2O/c11-10-8(4-5-12)2-1-3-9(10)14-7-6-13/h1-3H,4,7H2. The molecular formula is C10H7BrN2O. The zero-order valence-electron chi connectivity index (χ0n) is 7.33. The van der Waals surface area contributed by atoms with Crippen LogP contribution in [0.1, 0.15) is 5.56 Å². The molecule has 14 heavy (non-hydrogen) atoms. The zero-order valence-corrected chi connectivity index (χ0v) is 8.91. The molecule has 1 aromatic carbocycles. The van der Waals surface area contributed by atoms with Crippen molar-refractivity contribution in [3.63, 3.8) is 0 Å². The Balaban J connectivity index is 2.91. The number of nitrogens with zero attached hydrogens (tertiary/aromatic N) is 2. The Morgan fingerprint density at radius 3 is 2.71 bits per heavy atom. The van der Waals surface area contributed by atoms with E-state index in [1.165, 1.54) is 0 Å². The van der Waals surface area contributed by atoms with E-state index >= 15 is 0 Å². The summed E-state index contributed by atoms with van der Waals surface area (Å²) in [6.45, 7) is 0.00854. The first kappa shape index (κ1) is 10.6. The predicted octanol–water partition coefficient (Wildman–Crippen LogP) is 2.42. The predicted molar refractivity (Wildman–Crippen MR) is 54.6 cm³/mol. The van der Waals surface area contributed by atoms with Crippen molar-refractivity contribution in [2.75, 3.05) is 6.61 Å². The molecule has 0 spiro atoms. The van der Waals surface area contributed by atoms with Crippen LogP contribution in [0.25, 0.3) is 0 Å². The summed E-state index contributed by atoms with van der Waals surface area (Å²) < 4.78 is 5.90. The van der Waals surface area contributed by atoms with E-state index in [2.05, 4.69) is 22.0 Å². The quantitative estimate of drug-likeness (QED) is 0.828. The molecule has 4 heteroatoms. The van der Waals surface area contributed by atoms with Crippen molar-refractivity contribution < 1.29 is 4.74 Å². The minimum absolute atomic E-state index is 0.00854. The van der Waals surface area contributed by atoms with Crippen molar-refractivity contribution in [3.05, 3.63) is 28.2 Å². The maximum atomic E-state index is 8.55. The lowest BCUT2D eigenvalue weighted by atomic mass is 10.1. The second-order valence-corrected chi connectivity index (χ2v) is 3.30. The minimum Gasteiger partial charge on any atom is -0.478 e. The van der Waals surface area contributed by atoms with Crippen LogP contribution in [-0.4, -0.2) is 6.61 Å². The summed E-state index contributed by atoms with van der Waals surface area (Å²) >= 11 is 3.33. The molecule has 0 fully saturated rings. The molecule has 0 bridgehead atoms. The van der Waals surface area contributed by atoms with Gasteiger partial charge in [-0.05, 0) is 27.6 Å². The van der Waals surface area contributed by atoms with Gasteiger partial charge in [0, 0.05) is 0 Å². The molecule has 0 heterocycles. The van der Waals surface area contributed by atoms with Crippen LogP contribution in [0.5, 0.6) is 5.75 Å². The molecule has 70 valence electrons. The maximum Gasteiger partial charge on any atom is 0.174 e. The van der Waals surface area contributed by atoms with Crippen LogP contribution in [0.15, 0.2) is 22.7 Å². The van der Waals surface area contributed by atoms with E-state index in [-0.39, 0.29) is 6.61 Å². The van der Waals surface area contributed by atoms with Gasteiger partial charge in [0.05, 0.1) is 17.0 Å². The van der Waals surface area contributed by atoms with Gasteiger partial charge in [0.25, 0.3) is 0 Å². The van der Waals surface area contributed by atoms with Gasteiger partial charge in [0.2, 0.25) is 0 Å². The Morgan fingerprint density at radius 2 is 2.07 bits per heavy atom. The fourth-order valence-electron chi connectivity index (χ4n) is 0.999. The summed E-state index contributed by atoms with van der Waals surface area (Å²) in [5.41, 5.74) is 0.864. The van der Waals surface area contributed by atoms with Crippen molar-refractivity contribution in [2.24, 2.45) is 0 Å². The van der Waals surface area contributed by atoms with Gasteiger partial charge in [-0.2, -0.15) is 10.5 Å². The maximum absolute atomic E-state index is 8.55. The summed E-state index contributed by atoms with van der Waals surface area (Å²) in [7, 11) is 0.